The lowest BCUT2D eigenvalue weighted by atomic mass is 9.75. The van der Waals surface area contributed by atoms with E-state index < -0.39 is 0 Å². The molecule has 1 aliphatic carbocycles. The van der Waals surface area contributed by atoms with Gasteiger partial charge in [0.15, 0.2) is 0 Å². The topological polar surface area (TPSA) is 26.3 Å². The fraction of sp³-hybridized carbons (Fsp3) is 0.964. The summed E-state index contributed by atoms with van der Waals surface area (Å²) in [6.07, 6.45) is 22.6. The van der Waals surface area contributed by atoms with Crippen LogP contribution in [0.15, 0.2) is 0 Å². The van der Waals surface area contributed by atoms with Crippen LogP contribution in [0.5, 0.6) is 0 Å². The van der Waals surface area contributed by atoms with Crippen molar-refractivity contribution in [1.82, 2.24) is 0 Å². The second-order valence-corrected chi connectivity index (χ2v) is 11.2. The van der Waals surface area contributed by atoms with E-state index in [1.165, 1.54) is 89.9 Å². The maximum Gasteiger partial charge on any atom is 0.306 e. The first kappa shape index (κ1) is 27.5. The summed E-state index contributed by atoms with van der Waals surface area (Å²) in [6, 6.07) is 0. The third-order valence-corrected chi connectivity index (χ3v) is 7.30. The number of ether oxygens (including phenoxy) is 1. The van der Waals surface area contributed by atoms with Crippen molar-refractivity contribution in [1.29, 1.82) is 0 Å². The quantitative estimate of drug-likeness (QED) is 0.172. The van der Waals surface area contributed by atoms with Gasteiger partial charge in [0.05, 0.1) is 0 Å². The molecular formula is C28H54O2. The standard InChI is InChI=1S/C28H54O2/c1-24(2)18-16-14-12-10-8-6-7-9-11-13-15-17-19-27(29)30-28(5)22-20-26(21-23-28)25(3)4/h24-26H,6-23H2,1-5H3. The van der Waals surface area contributed by atoms with E-state index in [9.17, 15) is 4.79 Å². The molecule has 0 bridgehead atoms. The van der Waals surface area contributed by atoms with Crippen molar-refractivity contribution in [3.63, 3.8) is 0 Å². The second-order valence-electron chi connectivity index (χ2n) is 11.2. The van der Waals surface area contributed by atoms with Crippen LogP contribution in [0.4, 0.5) is 0 Å². The lowest BCUT2D eigenvalue weighted by molar-refractivity contribution is -0.162. The molecule has 178 valence electrons. The molecular weight excluding hydrogens is 368 g/mol. The molecule has 1 saturated carbocycles. The number of rotatable bonds is 17. The van der Waals surface area contributed by atoms with Crippen molar-refractivity contribution in [3.8, 4) is 0 Å². The van der Waals surface area contributed by atoms with Crippen LogP contribution in [0.3, 0.4) is 0 Å². The molecule has 0 amide bonds. The van der Waals surface area contributed by atoms with Gasteiger partial charge in [0.1, 0.15) is 5.60 Å². The Kier molecular flexibility index (Phi) is 14.8. The molecule has 0 aliphatic heterocycles. The van der Waals surface area contributed by atoms with E-state index in [0.29, 0.717) is 6.42 Å². The smallest absolute Gasteiger partial charge is 0.306 e. The zero-order valence-electron chi connectivity index (χ0n) is 21.3. The van der Waals surface area contributed by atoms with Gasteiger partial charge in [-0.25, -0.2) is 0 Å². The maximum atomic E-state index is 12.2. The summed E-state index contributed by atoms with van der Waals surface area (Å²) in [7, 11) is 0. The molecule has 1 rings (SSSR count). The summed E-state index contributed by atoms with van der Waals surface area (Å²) in [4.78, 5) is 12.2. The molecule has 0 unspecified atom stereocenters. The summed E-state index contributed by atoms with van der Waals surface area (Å²) in [5.41, 5.74) is -0.198. The van der Waals surface area contributed by atoms with Crippen LogP contribution in [0.2, 0.25) is 0 Å². The van der Waals surface area contributed by atoms with E-state index in [1.807, 2.05) is 0 Å². The van der Waals surface area contributed by atoms with Crippen LogP contribution < -0.4 is 0 Å². The minimum absolute atomic E-state index is 0.0360. The largest absolute Gasteiger partial charge is 0.459 e. The Bertz CT molecular complexity index is 418. The third-order valence-electron chi connectivity index (χ3n) is 7.30. The lowest BCUT2D eigenvalue weighted by Gasteiger charge is -2.38. The Balaban J connectivity index is 1.88. The fourth-order valence-electron chi connectivity index (χ4n) is 4.94. The van der Waals surface area contributed by atoms with Crippen LogP contribution in [-0.2, 0) is 9.53 Å². The Morgan fingerprint density at radius 1 is 0.767 bits per heavy atom. The van der Waals surface area contributed by atoms with Gasteiger partial charge in [-0.2, -0.15) is 0 Å². The minimum Gasteiger partial charge on any atom is -0.459 e. The molecule has 0 aromatic rings. The highest BCUT2D eigenvalue weighted by Gasteiger charge is 2.35. The van der Waals surface area contributed by atoms with Crippen molar-refractivity contribution < 1.29 is 9.53 Å². The number of esters is 1. The minimum atomic E-state index is -0.198. The van der Waals surface area contributed by atoms with E-state index in [2.05, 4.69) is 34.6 Å². The van der Waals surface area contributed by atoms with Crippen LogP contribution in [0.1, 0.15) is 150 Å². The predicted octanol–water partition coefficient (Wildman–Crippen LogP) is 9.25. The summed E-state index contributed by atoms with van der Waals surface area (Å²) >= 11 is 0. The van der Waals surface area contributed by atoms with Crippen LogP contribution in [0, 0.1) is 17.8 Å². The molecule has 0 aromatic carbocycles. The Morgan fingerprint density at radius 2 is 1.20 bits per heavy atom. The molecule has 1 aliphatic rings. The van der Waals surface area contributed by atoms with Crippen molar-refractivity contribution in [2.75, 3.05) is 0 Å². The maximum absolute atomic E-state index is 12.2. The van der Waals surface area contributed by atoms with Crippen molar-refractivity contribution in [2.24, 2.45) is 17.8 Å². The second kappa shape index (κ2) is 16.2. The monoisotopic (exact) mass is 422 g/mol. The van der Waals surface area contributed by atoms with Gasteiger partial charge in [-0.3, -0.25) is 4.79 Å². The van der Waals surface area contributed by atoms with E-state index in [4.69, 9.17) is 4.74 Å². The molecule has 0 heterocycles. The predicted molar refractivity (Wildman–Crippen MR) is 131 cm³/mol. The number of hydrogen-bond acceptors (Lipinski definition) is 2. The molecule has 0 N–H and O–H groups in total. The first-order chi connectivity index (χ1) is 14.3. The highest BCUT2D eigenvalue weighted by atomic mass is 16.6. The van der Waals surface area contributed by atoms with E-state index in [-0.39, 0.29) is 11.6 Å². The zero-order chi connectivity index (χ0) is 22.2. The number of unbranched alkanes of at least 4 members (excludes halogenated alkanes) is 11. The van der Waals surface area contributed by atoms with Crippen LogP contribution >= 0.6 is 0 Å². The van der Waals surface area contributed by atoms with Gasteiger partial charge in [-0.1, -0.05) is 105 Å². The van der Waals surface area contributed by atoms with Gasteiger partial charge in [0.25, 0.3) is 0 Å². The average molecular weight is 423 g/mol. The van der Waals surface area contributed by atoms with E-state index in [1.54, 1.807) is 0 Å². The first-order valence-electron chi connectivity index (χ1n) is 13.5. The molecule has 2 nitrogen and oxygen atoms in total. The lowest BCUT2D eigenvalue weighted by Crippen LogP contribution is -2.37. The van der Waals surface area contributed by atoms with Gasteiger partial charge in [-0.15, -0.1) is 0 Å². The molecule has 0 atom stereocenters. The number of hydrogen-bond donors (Lipinski definition) is 0. The fourth-order valence-corrected chi connectivity index (χ4v) is 4.94. The summed E-state index contributed by atoms with van der Waals surface area (Å²) in [6.45, 7) is 11.4. The van der Waals surface area contributed by atoms with Crippen molar-refractivity contribution in [2.45, 2.75) is 156 Å². The molecule has 1 fully saturated rings. The summed E-state index contributed by atoms with van der Waals surface area (Å²) in [5, 5.41) is 0. The first-order valence-corrected chi connectivity index (χ1v) is 13.5. The highest BCUT2D eigenvalue weighted by molar-refractivity contribution is 5.69. The normalized spacial score (nSPS) is 22.0. The van der Waals surface area contributed by atoms with Gasteiger partial charge in [0.2, 0.25) is 0 Å². The average Bonchev–Trinajstić information content (AvgIpc) is 2.68. The SMILES string of the molecule is CC(C)CCCCCCCCCCCCCCC(=O)OC1(C)CCC(C(C)C)CC1. The Morgan fingerprint density at radius 3 is 1.63 bits per heavy atom. The van der Waals surface area contributed by atoms with E-state index >= 15 is 0 Å². The molecule has 0 aromatic heterocycles. The molecule has 0 saturated heterocycles. The zero-order valence-corrected chi connectivity index (χ0v) is 21.3. The van der Waals surface area contributed by atoms with Crippen molar-refractivity contribution >= 4 is 5.97 Å². The summed E-state index contributed by atoms with van der Waals surface area (Å²) in [5.74, 6) is 2.47. The molecule has 0 spiro atoms. The number of carbonyl (C=O) groups excluding carboxylic acids is 1. The van der Waals surface area contributed by atoms with Gasteiger partial charge in [-0.05, 0) is 56.8 Å². The van der Waals surface area contributed by atoms with Crippen LogP contribution in [-0.4, -0.2) is 11.6 Å². The van der Waals surface area contributed by atoms with Gasteiger partial charge < -0.3 is 4.74 Å². The molecule has 0 radical (unpaired) electrons. The number of carbonyl (C=O) groups is 1. The third kappa shape index (κ3) is 13.7. The Hall–Kier alpha value is -0.530. The Labute approximate surface area is 189 Å². The molecule has 2 heteroatoms. The highest BCUT2D eigenvalue weighted by Crippen LogP contribution is 2.38. The van der Waals surface area contributed by atoms with Crippen LogP contribution in [0.25, 0.3) is 0 Å². The van der Waals surface area contributed by atoms with Gasteiger partial charge in [0, 0.05) is 6.42 Å². The van der Waals surface area contributed by atoms with Crippen molar-refractivity contribution in [3.05, 3.63) is 0 Å². The van der Waals surface area contributed by atoms with Gasteiger partial charge >= 0.3 is 5.97 Å². The molecule has 30 heavy (non-hydrogen) atoms. The summed E-state index contributed by atoms with van der Waals surface area (Å²) < 4.78 is 5.89. The van der Waals surface area contributed by atoms with E-state index in [0.717, 1.165) is 37.0 Å².